The molecule has 19 heavy (non-hydrogen) atoms. The number of nitrogens with one attached hydrogen (secondary N) is 1. The summed E-state index contributed by atoms with van der Waals surface area (Å²) in [4.78, 5) is 29.6. The summed E-state index contributed by atoms with van der Waals surface area (Å²) in [7, 11) is 0. The van der Waals surface area contributed by atoms with Gasteiger partial charge in [-0.15, -0.1) is 0 Å². The molecular formula is C14H21N3O2. The van der Waals surface area contributed by atoms with E-state index in [2.05, 4.69) is 10.3 Å². The Morgan fingerprint density at radius 3 is 2.37 bits per heavy atom. The lowest BCUT2D eigenvalue weighted by Crippen LogP contribution is -2.31. The number of hydrogen-bond acceptors (Lipinski definition) is 3. The van der Waals surface area contributed by atoms with Crippen LogP contribution in [0.25, 0.3) is 0 Å². The Kier molecular flexibility index (Phi) is 5.99. The highest BCUT2D eigenvalue weighted by Gasteiger charge is 2.15. The van der Waals surface area contributed by atoms with Crippen LogP contribution in [0, 0.1) is 0 Å². The summed E-state index contributed by atoms with van der Waals surface area (Å²) in [5.41, 5.74) is 0.874. The van der Waals surface area contributed by atoms with Gasteiger partial charge in [-0.3, -0.25) is 14.6 Å². The molecule has 0 saturated heterocycles. The van der Waals surface area contributed by atoms with Crippen molar-refractivity contribution in [3.05, 3.63) is 29.6 Å². The van der Waals surface area contributed by atoms with Crippen LogP contribution in [0.2, 0.25) is 0 Å². The Morgan fingerprint density at radius 1 is 1.16 bits per heavy atom. The lowest BCUT2D eigenvalue weighted by Gasteiger charge is -2.18. The van der Waals surface area contributed by atoms with Crippen LogP contribution < -0.4 is 5.32 Å². The molecule has 0 aromatic carbocycles. The number of carbonyl (C=O) groups is 2. The zero-order valence-corrected chi connectivity index (χ0v) is 11.8. The van der Waals surface area contributed by atoms with E-state index in [1.54, 1.807) is 11.0 Å². The first-order chi connectivity index (χ1) is 9.13. The summed E-state index contributed by atoms with van der Waals surface area (Å²) < 4.78 is 0. The van der Waals surface area contributed by atoms with Crippen LogP contribution in [0.5, 0.6) is 0 Å². The van der Waals surface area contributed by atoms with Crippen LogP contribution in [0.3, 0.4) is 0 Å². The molecular weight excluding hydrogens is 242 g/mol. The third kappa shape index (κ3) is 4.05. The predicted molar refractivity (Wildman–Crippen MR) is 74.1 cm³/mol. The van der Waals surface area contributed by atoms with Gasteiger partial charge in [0.15, 0.2) is 0 Å². The second-order valence-corrected chi connectivity index (χ2v) is 4.20. The van der Waals surface area contributed by atoms with Gasteiger partial charge >= 0.3 is 0 Å². The third-order valence-corrected chi connectivity index (χ3v) is 2.83. The molecule has 0 bridgehead atoms. The van der Waals surface area contributed by atoms with Crippen LogP contribution >= 0.6 is 0 Å². The van der Waals surface area contributed by atoms with Gasteiger partial charge in [0.25, 0.3) is 11.8 Å². The van der Waals surface area contributed by atoms with Gasteiger partial charge in [-0.05, 0) is 26.3 Å². The minimum Gasteiger partial charge on any atom is -0.352 e. The van der Waals surface area contributed by atoms with E-state index in [0.717, 1.165) is 6.42 Å². The van der Waals surface area contributed by atoms with Crippen molar-refractivity contribution in [2.24, 2.45) is 0 Å². The van der Waals surface area contributed by atoms with Gasteiger partial charge in [0.2, 0.25) is 0 Å². The second kappa shape index (κ2) is 7.51. The molecule has 1 N–H and O–H groups in total. The number of rotatable bonds is 6. The molecule has 0 atom stereocenters. The standard InChI is InChI=1S/C14H21N3O2/c1-4-7-16-13(18)11-8-12(10-15-9-11)14(19)17(5-2)6-3/h8-10H,4-7H2,1-3H3,(H,16,18). The Balaban J connectivity index is 2.87. The summed E-state index contributed by atoms with van der Waals surface area (Å²) in [6.07, 6.45) is 3.85. The number of hydrogen-bond donors (Lipinski definition) is 1. The Labute approximate surface area is 114 Å². The zero-order chi connectivity index (χ0) is 14.3. The van der Waals surface area contributed by atoms with Gasteiger partial charge in [0.1, 0.15) is 0 Å². The highest BCUT2D eigenvalue weighted by molar-refractivity contribution is 5.99. The van der Waals surface area contributed by atoms with Crippen molar-refractivity contribution < 1.29 is 9.59 Å². The van der Waals surface area contributed by atoms with E-state index < -0.39 is 0 Å². The topological polar surface area (TPSA) is 62.3 Å². The molecule has 0 spiro atoms. The van der Waals surface area contributed by atoms with Crippen molar-refractivity contribution in [2.75, 3.05) is 19.6 Å². The average molecular weight is 263 g/mol. The van der Waals surface area contributed by atoms with Gasteiger partial charge in [-0.25, -0.2) is 0 Å². The molecule has 0 unspecified atom stereocenters. The molecule has 5 heteroatoms. The molecule has 0 saturated carbocycles. The molecule has 1 heterocycles. The summed E-state index contributed by atoms with van der Waals surface area (Å²) in [6.45, 7) is 7.73. The fourth-order valence-electron chi connectivity index (χ4n) is 1.72. The fourth-order valence-corrected chi connectivity index (χ4v) is 1.72. The van der Waals surface area contributed by atoms with E-state index in [0.29, 0.717) is 30.8 Å². The van der Waals surface area contributed by atoms with Crippen molar-refractivity contribution in [3.8, 4) is 0 Å². The Bertz CT molecular complexity index is 442. The maximum Gasteiger partial charge on any atom is 0.255 e. The van der Waals surface area contributed by atoms with Crippen LogP contribution in [0.1, 0.15) is 47.9 Å². The molecule has 0 fully saturated rings. The second-order valence-electron chi connectivity index (χ2n) is 4.20. The van der Waals surface area contributed by atoms with Crippen molar-refractivity contribution in [1.29, 1.82) is 0 Å². The highest BCUT2D eigenvalue weighted by atomic mass is 16.2. The Hall–Kier alpha value is -1.91. The van der Waals surface area contributed by atoms with E-state index in [1.165, 1.54) is 12.4 Å². The fraction of sp³-hybridized carbons (Fsp3) is 0.500. The van der Waals surface area contributed by atoms with E-state index in [1.807, 2.05) is 20.8 Å². The number of amides is 2. The van der Waals surface area contributed by atoms with Crippen molar-refractivity contribution in [2.45, 2.75) is 27.2 Å². The monoisotopic (exact) mass is 263 g/mol. The smallest absolute Gasteiger partial charge is 0.255 e. The summed E-state index contributed by atoms with van der Waals surface area (Å²) in [6, 6.07) is 1.60. The minimum absolute atomic E-state index is 0.0948. The molecule has 5 nitrogen and oxygen atoms in total. The first-order valence-electron chi connectivity index (χ1n) is 6.66. The summed E-state index contributed by atoms with van der Waals surface area (Å²) >= 11 is 0. The van der Waals surface area contributed by atoms with Crippen LogP contribution in [-0.4, -0.2) is 41.3 Å². The van der Waals surface area contributed by atoms with Crippen LogP contribution in [0.4, 0.5) is 0 Å². The molecule has 1 aromatic rings. The van der Waals surface area contributed by atoms with Crippen molar-refractivity contribution in [3.63, 3.8) is 0 Å². The molecule has 0 aliphatic rings. The van der Waals surface area contributed by atoms with E-state index in [9.17, 15) is 9.59 Å². The van der Waals surface area contributed by atoms with Gasteiger partial charge in [0, 0.05) is 32.0 Å². The summed E-state index contributed by atoms with van der Waals surface area (Å²) in [5, 5.41) is 2.77. The maximum atomic E-state index is 12.2. The first kappa shape index (κ1) is 15.1. The first-order valence-corrected chi connectivity index (χ1v) is 6.66. The lowest BCUT2D eigenvalue weighted by atomic mass is 10.1. The zero-order valence-electron chi connectivity index (χ0n) is 11.8. The average Bonchev–Trinajstić information content (AvgIpc) is 2.46. The molecule has 2 amide bonds. The van der Waals surface area contributed by atoms with E-state index >= 15 is 0 Å². The van der Waals surface area contributed by atoms with Crippen LogP contribution in [-0.2, 0) is 0 Å². The largest absolute Gasteiger partial charge is 0.352 e. The summed E-state index contributed by atoms with van der Waals surface area (Å²) in [5.74, 6) is -0.286. The SMILES string of the molecule is CCCNC(=O)c1cncc(C(=O)N(CC)CC)c1. The number of pyridine rings is 1. The number of carbonyl (C=O) groups excluding carboxylic acids is 2. The van der Waals surface area contributed by atoms with E-state index in [-0.39, 0.29) is 11.8 Å². The van der Waals surface area contributed by atoms with Gasteiger partial charge < -0.3 is 10.2 Å². The van der Waals surface area contributed by atoms with Crippen molar-refractivity contribution in [1.82, 2.24) is 15.2 Å². The lowest BCUT2D eigenvalue weighted by molar-refractivity contribution is 0.0772. The normalized spacial score (nSPS) is 10.1. The quantitative estimate of drug-likeness (QED) is 0.849. The van der Waals surface area contributed by atoms with Crippen molar-refractivity contribution >= 4 is 11.8 Å². The molecule has 0 radical (unpaired) electrons. The van der Waals surface area contributed by atoms with E-state index in [4.69, 9.17) is 0 Å². The molecule has 0 aliphatic carbocycles. The molecule has 1 rings (SSSR count). The van der Waals surface area contributed by atoms with Crippen LogP contribution in [0.15, 0.2) is 18.5 Å². The number of aromatic nitrogens is 1. The van der Waals surface area contributed by atoms with Gasteiger partial charge in [-0.1, -0.05) is 6.92 Å². The molecule has 1 aromatic heterocycles. The minimum atomic E-state index is -0.191. The Morgan fingerprint density at radius 2 is 1.79 bits per heavy atom. The molecule has 104 valence electrons. The highest BCUT2D eigenvalue weighted by Crippen LogP contribution is 2.07. The third-order valence-electron chi connectivity index (χ3n) is 2.83. The predicted octanol–water partition coefficient (Wildman–Crippen LogP) is 1.70. The molecule has 0 aliphatic heterocycles. The number of nitrogens with zero attached hydrogens (tertiary/aromatic N) is 2. The van der Waals surface area contributed by atoms with Gasteiger partial charge in [-0.2, -0.15) is 0 Å². The van der Waals surface area contributed by atoms with Gasteiger partial charge in [0.05, 0.1) is 11.1 Å². The maximum absolute atomic E-state index is 12.2.